The van der Waals surface area contributed by atoms with Crippen LogP contribution in [0.1, 0.15) is 33.3 Å². The number of guanidine groups is 1. The lowest BCUT2D eigenvalue weighted by Gasteiger charge is -2.18. The molecule has 0 bridgehead atoms. The average Bonchev–Trinajstić information content (AvgIpc) is 2.46. The molecule has 0 spiro atoms. The van der Waals surface area contributed by atoms with E-state index in [-0.39, 0.29) is 36.3 Å². The molecule has 0 atom stereocenters. The fourth-order valence-corrected chi connectivity index (χ4v) is 3.10. The van der Waals surface area contributed by atoms with Gasteiger partial charge in [-0.2, -0.15) is 0 Å². The van der Waals surface area contributed by atoms with Gasteiger partial charge in [-0.25, -0.2) is 8.42 Å². The minimum atomic E-state index is -3.15. The van der Waals surface area contributed by atoms with Crippen molar-refractivity contribution in [2.45, 2.75) is 38.9 Å². The van der Waals surface area contributed by atoms with Crippen molar-refractivity contribution in [2.75, 3.05) is 25.4 Å². The Kier molecular flexibility index (Phi) is 11.0. The van der Waals surface area contributed by atoms with E-state index in [0.29, 0.717) is 12.5 Å². The number of nitrogens with one attached hydrogen (secondary N) is 2. The number of benzene rings is 1. The van der Waals surface area contributed by atoms with E-state index in [1.54, 1.807) is 20.8 Å². The second kappa shape index (κ2) is 11.2. The first-order valence-electron chi connectivity index (χ1n) is 8.14. The van der Waals surface area contributed by atoms with Gasteiger partial charge in [-0.3, -0.25) is 4.99 Å². The second-order valence-corrected chi connectivity index (χ2v) is 9.80. The van der Waals surface area contributed by atoms with Crippen molar-refractivity contribution in [2.24, 2.45) is 4.99 Å². The summed E-state index contributed by atoms with van der Waals surface area (Å²) in [4.78, 5) is 4.35. The van der Waals surface area contributed by atoms with E-state index in [2.05, 4.69) is 15.6 Å². The van der Waals surface area contributed by atoms with Crippen LogP contribution in [0.15, 0.2) is 29.3 Å². The zero-order valence-electron chi connectivity index (χ0n) is 15.3. The van der Waals surface area contributed by atoms with Crippen LogP contribution in [0.2, 0.25) is 5.02 Å². The van der Waals surface area contributed by atoms with E-state index in [4.69, 9.17) is 11.6 Å². The van der Waals surface area contributed by atoms with Crippen molar-refractivity contribution in [1.29, 1.82) is 0 Å². The summed E-state index contributed by atoms with van der Waals surface area (Å²) >= 11 is 5.97. The van der Waals surface area contributed by atoms with Crippen LogP contribution in [-0.4, -0.2) is 44.5 Å². The van der Waals surface area contributed by atoms with Gasteiger partial charge in [-0.15, -0.1) is 24.0 Å². The molecular weight excluding hydrogens is 473 g/mol. The molecule has 0 fully saturated rings. The fourth-order valence-electron chi connectivity index (χ4n) is 1.94. The van der Waals surface area contributed by atoms with E-state index in [1.807, 2.05) is 31.2 Å². The van der Waals surface area contributed by atoms with Gasteiger partial charge >= 0.3 is 0 Å². The monoisotopic (exact) mass is 501 g/mol. The number of hydrogen-bond donors (Lipinski definition) is 2. The highest BCUT2D eigenvalue weighted by Crippen LogP contribution is 2.15. The normalized spacial score (nSPS) is 12.4. The van der Waals surface area contributed by atoms with Crippen LogP contribution in [0.25, 0.3) is 0 Å². The molecule has 0 unspecified atom stereocenters. The highest BCUT2D eigenvalue weighted by atomic mass is 127. The SMILES string of the molecule is CCNC(=NCCS(=O)(=O)C(C)(C)C)NCCc1cccc(Cl)c1.I. The molecule has 5 nitrogen and oxygen atoms in total. The molecule has 1 aromatic rings. The molecule has 0 amide bonds. The quantitative estimate of drug-likeness (QED) is 0.342. The lowest BCUT2D eigenvalue weighted by Crippen LogP contribution is -2.39. The molecule has 1 aromatic carbocycles. The molecule has 0 saturated carbocycles. The molecule has 0 aliphatic heterocycles. The summed E-state index contributed by atoms with van der Waals surface area (Å²) < 4.78 is 23.5. The summed E-state index contributed by atoms with van der Waals surface area (Å²) in [5, 5.41) is 7.06. The Hall–Kier alpha value is -0.540. The Balaban J connectivity index is 0.00000576. The van der Waals surface area contributed by atoms with Crippen LogP contribution < -0.4 is 10.6 Å². The topological polar surface area (TPSA) is 70.6 Å². The maximum absolute atomic E-state index is 12.1. The number of sulfone groups is 1. The molecule has 144 valence electrons. The Morgan fingerprint density at radius 1 is 1.24 bits per heavy atom. The highest BCUT2D eigenvalue weighted by Gasteiger charge is 2.28. The lowest BCUT2D eigenvalue weighted by atomic mass is 10.1. The minimum absolute atomic E-state index is 0. The minimum Gasteiger partial charge on any atom is -0.357 e. The summed E-state index contributed by atoms with van der Waals surface area (Å²) in [7, 11) is -3.15. The molecule has 0 heterocycles. The van der Waals surface area contributed by atoms with Crippen LogP contribution >= 0.6 is 35.6 Å². The third kappa shape index (κ3) is 9.10. The third-order valence-corrected chi connectivity index (χ3v) is 6.32. The smallest absolute Gasteiger partial charge is 0.191 e. The van der Waals surface area contributed by atoms with E-state index in [0.717, 1.165) is 23.6 Å². The largest absolute Gasteiger partial charge is 0.357 e. The predicted octanol–water partition coefficient (Wildman–Crippen LogP) is 3.27. The second-order valence-electron chi connectivity index (χ2n) is 6.50. The van der Waals surface area contributed by atoms with Gasteiger partial charge in [-0.05, 0) is 51.8 Å². The molecule has 0 radical (unpaired) electrons. The Morgan fingerprint density at radius 2 is 1.92 bits per heavy atom. The first-order chi connectivity index (χ1) is 11.2. The molecule has 8 heteroatoms. The van der Waals surface area contributed by atoms with Crippen molar-refractivity contribution < 1.29 is 8.42 Å². The summed E-state index contributed by atoms with van der Waals surface area (Å²) in [6.07, 6.45) is 0.811. The number of rotatable bonds is 7. The Bertz CT molecular complexity index is 658. The highest BCUT2D eigenvalue weighted by molar-refractivity contribution is 14.0. The van der Waals surface area contributed by atoms with Crippen LogP contribution in [0.4, 0.5) is 0 Å². The van der Waals surface area contributed by atoms with E-state index < -0.39 is 14.6 Å². The van der Waals surface area contributed by atoms with Crippen molar-refractivity contribution in [1.82, 2.24) is 10.6 Å². The molecule has 0 saturated heterocycles. The molecular formula is C17H29ClIN3O2S. The lowest BCUT2D eigenvalue weighted by molar-refractivity contribution is 0.560. The summed E-state index contributed by atoms with van der Waals surface area (Å²) in [5.41, 5.74) is 1.14. The van der Waals surface area contributed by atoms with Gasteiger partial charge in [0.15, 0.2) is 15.8 Å². The predicted molar refractivity (Wildman–Crippen MR) is 118 cm³/mol. The number of nitrogens with zero attached hydrogens (tertiary/aromatic N) is 1. The van der Waals surface area contributed by atoms with Gasteiger partial charge in [0, 0.05) is 18.1 Å². The first kappa shape index (κ1) is 24.5. The van der Waals surface area contributed by atoms with E-state index in [9.17, 15) is 8.42 Å². The van der Waals surface area contributed by atoms with Crippen molar-refractivity contribution in [3.8, 4) is 0 Å². The molecule has 1 rings (SSSR count). The van der Waals surface area contributed by atoms with Gasteiger partial charge in [0.05, 0.1) is 17.0 Å². The van der Waals surface area contributed by atoms with Crippen LogP contribution in [-0.2, 0) is 16.3 Å². The molecule has 0 aliphatic rings. The Morgan fingerprint density at radius 3 is 2.48 bits per heavy atom. The summed E-state index contributed by atoms with van der Waals surface area (Å²) in [5.74, 6) is 0.671. The van der Waals surface area contributed by atoms with Gasteiger partial charge in [0.2, 0.25) is 0 Å². The third-order valence-electron chi connectivity index (χ3n) is 3.50. The van der Waals surface area contributed by atoms with Crippen LogP contribution in [0.5, 0.6) is 0 Å². The zero-order chi connectivity index (χ0) is 18.2. The van der Waals surface area contributed by atoms with Crippen molar-refractivity contribution >= 4 is 51.4 Å². The average molecular weight is 502 g/mol. The number of halogens is 2. The maximum atomic E-state index is 12.1. The van der Waals surface area contributed by atoms with Gasteiger partial charge < -0.3 is 10.6 Å². The van der Waals surface area contributed by atoms with Crippen LogP contribution in [0.3, 0.4) is 0 Å². The summed E-state index contributed by atoms with van der Waals surface area (Å²) in [6, 6.07) is 7.73. The van der Waals surface area contributed by atoms with Crippen LogP contribution in [0, 0.1) is 0 Å². The first-order valence-corrected chi connectivity index (χ1v) is 10.2. The molecule has 2 N–H and O–H groups in total. The Labute approximate surface area is 174 Å². The summed E-state index contributed by atoms with van der Waals surface area (Å²) in [6.45, 7) is 8.75. The van der Waals surface area contributed by atoms with E-state index in [1.165, 1.54) is 0 Å². The van der Waals surface area contributed by atoms with Gasteiger partial charge in [0.1, 0.15) is 0 Å². The maximum Gasteiger partial charge on any atom is 0.191 e. The molecule has 25 heavy (non-hydrogen) atoms. The van der Waals surface area contributed by atoms with Crippen molar-refractivity contribution in [3.05, 3.63) is 34.9 Å². The fraction of sp³-hybridized carbons (Fsp3) is 0.588. The number of hydrogen-bond acceptors (Lipinski definition) is 3. The standard InChI is InChI=1S/C17H28ClN3O2S.HI/c1-5-19-16(21-11-12-24(22,23)17(2,3)4)20-10-9-14-7-6-8-15(18)13-14;/h6-8,13H,5,9-12H2,1-4H3,(H2,19,20,21);1H. The molecule has 0 aliphatic carbocycles. The zero-order valence-corrected chi connectivity index (χ0v) is 19.2. The van der Waals surface area contributed by atoms with Gasteiger partial charge in [-0.1, -0.05) is 23.7 Å². The van der Waals surface area contributed by atoms with E-state index >= 15 is 0 Å². The number of aliphatic imine (C=N–C) groups is 1. The van der Waals surface area contributed by atoms with Gasteiger partial charge in [0.25, 0.3) is 0 Å². The van der Waals surface area contributed by atoms with Crippen molar-refractivity contribution in [3.63, 3.8) is 0 Å². The molecule has 0 aromatic heterocycles.